The maximum Gasteiger partial charge on any atom is 0.0453 e. The number of rotatable bonds is 3. The van der Waals surface area contributed by atoms with E-state index in [4.69, 9.17) is 11.6 Å². The molecule has 2 aliphatic heterocycles. The molecule has 2 heterocycles. The minimum Gasteiger partial charge on any atom is -0.310 e. The summed E-state index contributed by atoms with van der Waals surface area (Å²) in [5, 5.41) is 4.67. The molecule has 2 fully saturated rings. The maximum atomic E-state index is 6.40. The Bertz CT molecular complexity index is 450. The van der Waals surface area contributed by atoms with Crippen molar-refractivity contribution in [2.45, 2.75) is 51.2 Å². The van der Waals surface area contributed by atoms with Crippen molar-refractivity contribution >= 4 is 24.0 Å². The van der Waals surface area contributed by atoms with Crippen LogP contribution >= 0.6 is 24.0 Å². The van der Waals surface area contributed by atoms with Crippen LogP contribution in [0.15, 0.2) is 18.2 Å². The molecule has 0 aliphatic carbocycles. The molecule has 0 spiro atoms. The van der Waals surface area contributed by atoms with Gasteiger partial charge in [0.25, 0.3) is 0 Å². The summed E-state index contributed by atoms with van der Waals surface area (Å²) in [5.74, 6) is 0. The molecule has 2 saturated heterocycles. The first kappa shape index (κ1) is 16.1. The van der Waals surface area contributed by atoms with Gasteiger partial charge in [-0.3, -0.25) is 4.90 Å². The average Bonchev–Trinajstić information content (AvgIpc) is 2.74. The van der Waals surface area contributed by atoms with Gasteiger partial charge < -0.3 is 5.32 Å². The largest absolute Gasteiger partial charge is 0.310 e. The highest BCUT2D eigenvalue weighted by molar-refractivity contribution is 6.31. The van der Waals surface area contributed by atoms with Crippen LogP contribution in [0.2, 0.25) is 5.02 Å². The minimum absolute atomic E-state index is 0. The van der Waals surface area contributed by atoms with E-state index in [9.17, 15) is 0 Å². The molecule has 1 aromatic rings. The van der Waals surface area contributed by atoms with E-state index < -0.39 is 0 Å². The molecule has 2 bridgehead atoms. The topological polar surface area (TPSA) is 15.3 Å². The van der Waals surface area contributed by atoms with E-state index >= 15 is 0 Å². The summed E-state index contributed by atoms with van der Waals surface area (Å²) in [6, 6.07) is 7.75. The van der Waals surface area contributed by atoms with Crippen molar-refractivity contribution in [3.05, 3.63) is 34.3 Å². The van der Waals surface area contributed by atoms with Gasteiger partial charge in [0.15, 0.2) is 0 Å². The number of nitrogens with one attached hydrogen (secondary N) is 1. The van der Waals surface area contributed by atoms with E-state index in [1.165, 1.54) is 43.5 Å². The predicted octanol–water partition coefficient (Wildman–Crippen LogP) is 3.65. The molecule has 0 radical (unpaired) electrons. The van der Waals surface area contributed by atoms with Gasteiger partial charge in [-0.15, -0.1) is 12.4 Å². The number of nitrogens with zero attached hydrogens (tertiary/aromatic N) is 1. The van der Waals surface area contributed by atoms with Crippen molar-refractivity contribution in [2.75, 3.05) is 13.1 Å². The van der Waals surface area contributed by atoms with E-state index in [-0.39, 0.29) is 12.4 Å². The zero-order valence-corrected chi connectivity index (χ0v) is 13.6. The Morgan fingerprint density at radius 1 is 1.25 bits per heavy atom. The molecule has 1 aromatic carbocycles. The van der Waals surface area contributed by atoms with Gasteiger partial charge in [0.2, 0.25) is 0 Å². The van der Waals surface area contributed by atoms with Gasteiger partial charge in [-0.2, -0.15) is 0 Å². The molecular weight excluding hydrogens is 291 g/mol. The Hall–Kier alpha value is -0.280. The lowest BCUT2D eigenvalue weighted by Crippen LogP contribution is -2.35. The first-order chi connectivity index (χ1) is 9.26. The molecule has 112 valence electrons. The van der Waals surface area contributed by atoms with Crippen LogP contribution in [0.1, 0.15) is 37.3 Å². The molecule has 1 N–H and O–H groups in total. The summed E-state index contributed by atoms with van der Waals surface area (Å²) < 4.78 is 0. The molecule has 2 nitrogen and oxygen atoms in total. The molecule has 4 heteroatoms. The fourth-order valence-corrected chi connectivity index (χ4v) is 3.75. The highest BCUT2D eigenvalue weighted by Gasteiger charge is 2.29. The van der Waals surface area contributed by atoms with Crippen molar-refractivity contribution in [1.29, 1.82) is 0 Å². The van der Waals surface area contributed by atoms with E-state index in [2.05, 4.69) is 29.3 Å². The zero-order chi connectivity index (χ0) is 13.2. The highest BCUT2D eigenvalue weighted by atomic mass is 35.5. The molecule has 20 heavy (non-hydrogen) atoms. The minimum atomic E-state index is 0. The third kappa shape index (κ3) is 3.48. The first-order valence-corrected chi connectivity index (χ1v) is 7.88. The molecule has 3 rings (SSSR count). The summed E-state index contributed by atoms with van der Waals surface area (Å²) >= 11 is 6.40. The van der Waals surface area contributed by atoms with Crippen LogP contribution in [0, 0.1) is 0 Å². The number of hydrogen-bond donors (Lipinski definition) is 1. The van der Waals surface area contributed by atoms with Gasteiger partial charge in [-0.05, 0) is 42.9 Å². The second-order valence-electron chi connectivity index (χ2n) is 5.89. The van der Waals surface area contributed by atoms with Crippen LogP contribution in [0.5, 0.6) is 0 Å². The van der Waals surface area contributed by atoms with E-state index in [1.54, 1.807) is 0 Å². The standard InChI is InChI=1S/C16H23ClN2.ClH/c1-2-12-4-3-5-16(17)15(12)11-19-9-8-13-6-7-14(10-19)18-13;/h3-5,13-14,18H,2,6-11H2,1H3;1H. The summed E-state index contributed by atoms with van der Waals surface area (Å²) in [6.45, 7) is 5.59. The second-order valence-corrected chi connectivity index (χ2v) is 6.30. The number of benzene rings is 1. The van der Waals surface area contributed by atoms with Gasteiger partial charge in [-0.1, -0.05) is 30.7 Å². The van der Waals surface area contributed by atoms with Crippen LogP contribution in [0.25, 0.3) is 0 Å². The molecular formula is C16H24Cl2N2. The molecule has 0 saturated carbocycles. The van der Waals surface area contributed by atoms with E-state index in [1.807, 2.05) is 6.07 Å². The van der Waals surface area contributed by atoms with Gasteiger partial charge in [0.05, 0.1) is 0 Å². The van der Waals surface area contributed by atoms with Crippen molar-refractivity contribution in [3.63, 3.8) is 0 Å². The lowest BCUT2D eigenvalue weighted by Gasteiger charge is -2.25. The Kier molecular flexibility index (Phi) is 5.74. The fourth-order valence-electron chi connectivity index (χ4n) is 3.49. The highest BCUT2D eigenvalue weighted by Crippen LogP contribution is 2.26. The molecule has 0 aromatic heterocycles. The second kappa shape index (κ2) is 7.13. The number of halogens is 2. The monoisotopic (exact) mass is 314 g/mol. The molecule has 0 amide bonds. The Balaban J connectivity index is 0.00000147. The molecule has 2 aliphatic rings. The van der Waals surface area contributed by atoms with Crippen molar-refractivity contribution in [2.24, 2.45) is 0 Å². The van der Waals surface area contributed by atoms with Crippen molar-refractivity contribution in [1.82, 2.24) is 10.2 Å². The van der Waals surface area contributed by atoms with Gasteiger partial charge in [0, 0.05) is 36.7 Å². The normalized spacial score (nSPS) is 26.1. The zero-order valence-electron chi connectivity index (χ0n) is 12.1. The third-order valence-corrected chi connectivity index (χ3v) is 4.94. The first-order valence-electron chi connectivity index (χ1n) is 7.51. The maximum absolute atomic E-state index is 6.40. The third-order valence-electron chi connectivity index (χ3n) is 4.59. The van der Waals surface area contributed by atoms with Crippen LogP contribution in [-0.4, -0.2) is 30.1 Å². The summed E-state index contributed by atoms with van der Waals surface area (Å²) in [6.07, 6.45) is 5.05. The Morgan fingerprint density at radius 2 is 2.05 bits per heavy atom. The van der Waals surface area contributed by atoms with Crippen molar-refractivity contribution in [3.8, 4) is 0 Å². The van der Waals surface area contributed by atoms with Gasteiger partial charge in [0.1, 0.15) is 0 Å². The van der Waals surface area contributed by atoms with Crippen LogP contribution < -0.4 is 5.32 Å². The Labute approximate surface area is 133 Å². The molecule has 2 unspecified atom stereocenters. The number of aryl methyl sites for hydroxylation is 1. The quantitative estimate of drug-likeness (QED) is 0.916. The lowest BCUT2D eigenvalue weighted by molar-refractivity contribution is 0.250. The summed E-state index contributed by atoms with van der Waals surface area (Å²) in [5.41, 5.74) is 2.74. The van der Waals surface area contributed by atoms with Crippen LogP contribution in [0.3, 0.4) is 0 Å². The van der Waals surface area contributed by atoms with E-state index in [0.29, 0.717) is 6.04 Å². The Morgan fingerprint density at radius 3 is 2.85 bits per heavy atom. The SMILES string of the molecule is CCc1cccc(Cl)c1CN1CCC2CCC(C1)N2.Cl. The number of hydrogen-bond acceptors (Lipinski definition) is 2. The van der Waals surface area contributed by atoms with Gasteiger partial charge >= 0.3 is 0 Å². The lowest BCUT2D eigenvalue weighted by atomic mass is 10.0. The van der Waals surface area contributed by atoms with E-state index in [0.717, 1.165) is 24.0 Å². The van der Waals surface area contributed by atoms with Gasteiger partial charge in [-0.25, -0.2) is 0 Å². The average molecular weight is 315 g/mol. The fraction of sp³-hybridized carbons (Fsp3) is 0.625. The molecule has 2 atom stereocenters. The summed E-state index contributed by atoms with van der Waals surface area (Å²) in [7, 11) is 0. The smallest absolute Gasteiger partial charge is 0.0453 e. The van der Waals surface area contributed by atoms with Crippen molar-refractivity contribution < 1.29 is 0 Å². The number of likely N-dealkylation sites (tertiary alicyclic amines) is 1. The van der Waals surface area contributed by atoms with Crippen LogP contribution in [0.4, 0.5) is 0 Å². The van der Waals surface area contributed by atoms with Crippen LogP contribution in [-0.2, 0) is 13.0 Å². The summed E-state index contributed by atoms with van der Waals surface area (Å²) in [4.78, 5) is 2.58. The predicted molar refractivity (Wildman–Crippen MR) is 87.9 cm³/mol. The number of fused-ring (bicyclic) bond motifs is 2.